The topological polar surface area (TPSA) is 55.1 Å². The molecule has 5 nitrogen and oxygen atoms in total. The van der Waals surface area contributed by atoms with E-state index in [1.54, 1.807) is 0 Å². The van der Waals surface area contributed by atoms with Crippen molar-refractivity contribution in [2.45, 2.75) is 0 Å². The Morgan fingerprint density at radius 1 is 0.323 bits per heavy atom. The van der Waals surface area contributed by atoms with Crippen LogP contribution in [0.2, 0.25) is 0 Å². The first-order valence-corrected chi connectivity index (χ1v) is 20.8. The molecule has 290 valence electrons. The van der Waals surface area contributed by atoms with Crippen molar-refractivity contribution >= 4 is 71.3 Å². The molecule has 0 fully saturated rings. The summed E-state index contributed by atoms with van der Waals surface area (Å²) in [5, 5.41) is 8.98. The molecule has 0 radical (unpaired) electrons. The summed E-state index contributed by atoms with van der Waals surface area (Å²) in [4.78, 5) is 17.8. The van der Waals surface area contributed by atoms with E-state index in [0.717, 1.165) is 77.6 Å². The minimum absolute atomic E-state index is 0.580. The maximum atomic E-state index is 6.87. The van der Waals surface area contributed by atoms with Gasteiger partial charge in [0.1, 0.15) is 11.2 Å². The molecule has 2 aromatic heterocycles. The van der Waals surface area contributed by atoms with E-state index in [2.05, 4.69) is 181 Å². The Hall–Kier alpha value is -8.41. The molecule has 5 heteroatoms. The number of rotatable bonds is 7. The number of furan rings is 1. The lowest BCUT2D eigenvalue weighted by molar-refractivity contribution is 0.669. The van der Waals surface area contributed by atoms with E-state index in [0.29, 0.717) is 17.5 Å². The average molecular weight is 793 g/mol. The van der Waals surface area contributed by atoms with Crippen LogP contribution in [0.1, 0.15) is 0 Å². The van der Waals surface area contributed by atoms with Crippen molar-refractivity contribution in [3.8, 4) is 45.3 Å². The van der Waals surface area contributed by atoms with Gasteiger partial charge < -0.3 is 9.32 Å². The lowest BCUT2D eigenvalue weighted by Gasteiger charge is -2.27. The van der Waals surface area contributed by atoms with Gasteiger partial charge in [0.25, 0.3) is 0 Å². The first-order chi connectivity index (χ1) is 30.7. The van der Waals surface area contributed by atoms with Gasteiger partial charge in [-0.1, -0.05) is 176 Å². The zero-order valence-electron chi connectivity index (χ0n) is 33.5. The molecule has 0 aliphatic heterocycles. The van der Waals surface area contributed by atoms with Crippen molar-refractivity contribution in [3.05, 3.63) is 218 Å². The monoisotopic (exact) mass is 792 g/mol. The third-order valence-electron chi connectivity index (χ3n) is 11.9. The highest BCUT2D eigenvalue weighted by atomic mass is 16.3. The molecule has 0 bridgehead atoms. The second kappa shape index (κ2) is 14.7. The highest BCUT2D eigenvalue weighted by Crippen LogP contribution is 2.46. The van der Waals surface area contributed by atoms with Gasteiger partial charge in [0.2, 0.25) is 0 Å². The van der Waals surface area contributed by atoms with E-state index < -0.39 is 0 Å². The van der Waals surface area contributed by atoms with Crippen molar-refractivity contribution in [1.29, 1.82) is 0 Å². The normalized spacial score (nSPS) is 11.5. The molecule has 0 aliphatic carbocycles. The van der Waals surface area contributed by atoms with Crippen molar-refractivity contribution in [2.75, 3.05) is 4.90 Å². The maximum Gasteiger partial charge on any atom is 0.164 e. The largest absolute Gasteiger partial charge is 0.456 e. The molecule has 0 spiro atoms. The lowest BCUT2D eigenvalue weighted by atomic mass is 9.98. The zero-order valence-corrected chi connectivity index (χ0v) is 33.5. The van der Waals surface area contributed by atoms with Gasteiger partial charge in [-0.25, -0.2) is 15.0 Å². The molecule has 0 aliphatic rings. The smallest absolute Gasteiger partial charge is 0.164 e. The molecule has 10 aromatic carbocycles. The van der Waals surface area contributed by atoms with E-state index in [4.69, 9.17) is 19.4 Å². The molecule has 12 aromatic rings. The predicted molar refractivity (Wildman–Crippen MR) is 256 cm³/mol. The zero-order chi connectivity index (χ0) is 41.0. The Kier molecular flexibility index (Phi) is 8.42. The molecular formula is C57H36N4O. The van der Waals surface area contributed by atoms with E-state index in [9.17, 15) is 0 Å². The second-order valence-corrected chi connectivity index (χ2v) is 15.6. The van der Waals surface area contributed by atoms with Gasteiger partial charge in [0, 0.05) is 50.3 Å². The van der Waals surface area contributed by atoms with Crippen LogP contribution in [0.4, 0.5) is 17.1 Å². The molecule has 0 saturated carbocycles. The molecule has 0 unspecified atom stereocenters. The number of hydrogen-bond donors (Lipinski definition) is 0. The van der Waals surface area contributed by atoms with E-state index >= 15 is 0 Å². The Labute approximate surface area is 357 Å². The lowest BCUT2D eigenvalue weighted by Crippen LogP contribution is -2.10. The van der Waals surface area contributed by atoms with Crippen molar-refractivity contribution in [3.63, 3.8) is 0 Å². The summed E-state index contributed by atoms with van der Waals surface area (Å²) >= 11 is 0. The van der Waals surface area contributed by atoms with Crippen LogP contribution in [-0.4, -0.2) is 15.0 Å². The molecule has 0 amide bonds. The number of nitrogens with zero attached hydrogens (tertiary/aromatic N) is 4. The number of hydrogen-bond acceptors (Lipinski definition) is 5. The molecule has 62 heavy (non-hydrogen) atoms. The summed E-state index contributed by atoms with van der Waals surface area (Å²) < 4.78 is 6.87. The van der Waals surface area contributed by atoms with Crippen LogP contribution in [0, 0.1) is 0 Å². The fourth-order valence-corrected chi connectivity index (χ4v) is 8.88. The Bertz CT molecular complexity index is 3640. The predicted octanol–water partition coefficient (Wildman–Crippen LogP) is 15.4. The molecule has 0 N–H and O–H groups in total. The van der Waals surface area contributed by atoms with Crippen LogP contribution in [0.5, 0.6) is 0 Å². The minimum atomic E-state index is 0.580. The second-order valence-electron chi connectivity index (χ2n) is 15.6. The van der Waals surface area contributed by atoms with Crippen molar-refractivity contribution in [1.82, 2.24) is 15.0 Å². The van der Waals surface area contributed by atoms with Crippen LogP contribution >= 0.6 is 0 Å². The maximum absolute atomic E-state index is 6.87. The van der Waals surface area contributed by atoms with E-state index in [-0.39, 0.29) is 0 Å². The molecule has 0 atom stereocenters. The fraction of sp³-hybridized carbons (Fsp3) is 0. The average Bonchev–Trinajstić information content (AvgIpc) is 3.73. The van der Waals surface area contributed by atoms with E-state index in [1.807, 2.05) is 42.5 Å². The number of para-hydroxylation sites is 1. The number of aromatic nitrogens is 3. The highest BCUT2D eigenvalue weighted by molar-refractivity contribution is 6.25. The van der Waals surface area contributed by atoms with Gasteiger partial charge in [-0.05, 0) is 74.5 Å². The van der Waals surface area contributed by atoms with Crippen molar-refractivity contribution < 1.29 is 4.42 Å². The highest BCUT2D eigenvalue weighted by Gasteiger charge is 2.23. The standard InChI is InChI=1S/C57H36N4O/c1-3-16-40(17-4-1)55-58-56(41-29-26-39(27-30-41)44-31-28-37-14-7-9-18-42(37)34-44)60-57(59-55)49-24-13-25-51-54(49)53-48-23-12-11-22-47(48)50(36-52(53)62-51)61(45-20-5-2-6-21-45)46-33-32-38-15-8-10-19-43(38)35-46/h1-36H. The first kappa shape index (κ1) is 35.5. The van der Waals surface area contributed by atoms with Gasteiger partial charge in [-0.15, -0.1) is 0 Å². The number of fused-ring (bicyclic) bond motifs is 7. The molecule has 0 saturated heterocycles. The summed E-state index contributed by atoms with van der Waals surface area (Å²) in [7, 11) is 0. The van der Waals surface area contributed by atoms with Gasteiger partial charge in [-0.2, -0.15) is 0 Å². The quantitative estimate of drug-likeness (QED) is 0.161. The third kappa shape index (κ3) is 6.14. The Morgan fingerprint density at radius 2 is 0.887 bits per heavy atom. The number of benzene rings is 10. The van der Waals surface area contributed by atoms with Crippen LogP contribution < -0.4 is 4.90 Å². The number of anilines is 3. The summed E-state index contributed by atoms with van der Waals surface area (Å²) in [5.74, 6) is 1.79. The summed E-state index contributed by atoms with van der Waals surface area (Å²) in [5.41, 5.74) is 9.68. The Balaban J connectivity index is 1.04. The molecule has 12 rings (SSSR count). The van der Waals surface area contributed by atoms with Crippen LogP contribution in [0.15, 0.2) is 223 Å². The van der Waals surface area contributed by atoms with Crippen molar-refractivity contribution in [2.24, 2.45) is 0 Å². The minimum Gasteiger partial charge on any atom is -0.456 e. The summed E-state index contributed by atoms with van der Waals surface area (Å²) in [6, 6.07) is 76.4. The SMILES string of the molecule is c1ccc(-c2nc(-c3ccc(-c4ccc5ccccc5c4)cc3)nc(-c3cccc4oc5cc(N(c6ccccc6)c6ccc7ccccc7c6)c6ccccc6c5c34)n2)cc1. The van der Waals surface area contributed by atoms with Gasteiger partial charge in [0.15, 0.2) is 17.5 Å². The van der Waals surface area contributed by atoms with Gasteiger partial charge in [-0.3, -0.25) is 0 Å². The molecular weight excluding hydrogens is 757 g/mol. The van der Waals surface area contributed by atoms with Crippen LogP contribution in [0.25, 0.3) is 99.5 Å². The summed E-state index contributed by atoms with van der Waals surface area (Å²) in [6.45, 7) is 0. The Morgan fingerprint density at radius 3 is 1.63 bits per heavy atom. The van der Waals surface area contributed by atoms with Crippen LogP contribution in [0.3, 0.4) is 0 Å². The van der Waals surface area contributed by atoms with Crippen LogP contribution in [-0.2, 0) is 0 Å². The first-order valence-electron chi connectivity index (χ1n) is 20.8. The molecule has 2 heterocycles. The summed E-state index contributed by atoms with van der Waals surface area (Å²) in [6.07, 6.45) is 0. The van der Waals surface area contributed by atoms with Gasteiger partial charge >= 0.3 is 0 Å². The third-order valence-corrected chi connectivity index (χ3v) is 11.9. The van der Waals surface area contributed by atoms with E-state index in [1.165, 1.54) is 21.5 Å². The fourth-order valence-electron chi connectivity index (χ4n) is 8.88. The van der Waals surface area contributed by atoms with Gasteiger partial charge in [0.05, 0.1) is 5.69 Å².